The van der Waals surface area contributed by atoms with Crippen molar-refractivity contribution in [2.75, 3.05) is 0 Å². The number of aryl methyl sites for hydroxylation is 1. The summed E-state index contributed by atoms with van der Waals surface area (Å²) in [6.45, 7) is 0. The topological polar surface area (TPSA) is 85.3 Å². The lowest BCUT2D eigenvalue weighted by molar-refractivity contribution is -0.742. The number of aliphatic imine (C=N–C) groups is 1. The smallest absolute Gasteiger partial charge is 0.435 e. The van der Waals surface area contributed by atoms with Crippen molar-refractivity contribution in [3.8, 4) is 0 Å². The Bertz CT molecular complexity index is 675. The molecule has 0 aliphatic carbocycles. The first kappa shape index (κ1) is 12.7. The molecule has 6 nitrogen and oxygen atoms in total. The van der Waals surface area contributed by atoms with Gasteiger partial charge in [0.05, 0.1) is 21.6 Å². The third-order valence-corrected chi connectivity index (χ3v) is 2.97. The largest absolute Gasteiger partial charge is 0.854 e. The van der Waals surface area contributed by atoms with E-state index >= 15 is 0 Å². The summed E-state index contributed by atoms with van der Waals surface area (Å²) in [5, 5.41) is 14.5. The molecule has 1 N–H and O–H groups in total. The molecule has 0 spiro atoms. The van der Waals surface area contributed by atoms with E-state index in [2.05, 4.69) is 14.8 Å². The van der Waals surface area contributed by atoms with Crippen molar-refractivity contribution in [3.63, 3.8) is 0 Å². The van der Waals surface area contributed by atoms with Gasteiger partial charge in [0, 0.05) is 0 Å². The Kier molecular flexibility index (Phi) is 3.40. The quantitative estimate of drug-likeness (QED) is 0.497. The Balaban J connectivity index is 2.52. The summed E-state index contributed by atoms with van der Waals surface area (Å²) in [5.74, 6) is -0.767. The molecular formula is C10H7Cl2N3O3. The molecule has 0 unspecified atom stereocenters. The van der Waals surface area contributed by atoms with Crippen LogP contribution in [0.15, 0.2) is 32.5 Å². The number of benzene rings is 1. The Morgan fingerprint density at radius 3 is 2.83 bits per heavy atom. The number of halogens is 2. The van der Waals surface area contributed by atoms with Gasteiger partial charge in [0.1, 0.15) is 0 Å². The molecule has 0 fully saturated rings. The van der Waals surface area contributed by atoms with Crippen molar-refractivity contribution in [2.45, 2.75) is 0 Å². The van der Waals surface area contributed by atoms with E-state index in [0.29, 0.717) is 0 Å². The fourth-order valence-electron chi connectivity index (χ4n) is 1.31. The molecule has 0 atom stereocenters. The Hall–Kier alpha value is -1.79. The Morgan fingerprint density at radius 1 is 1.50 bits per heavy atom. The van der Waals surface area contributed by atoms with Crippen LogP contribution in [-0.4, -0.2) is 11.2 Å². The minimum Gasteiger partial charge on any atom is -0.854 e. The Labute approximate surface area is 111 Å². The van der Waals surface area contributed by atoms with Gasteiger partial charge in [0.2, 0.25) is 0 Å². The molecule has 2 rings (SSSR count). The minimum absolute atomic E-state index is 0.148. The Morgan fingerprint density at radius 2 is 2.22 bits per heavy atom. The zero-order valence-electron chi connectivity index (χ0n) is 9.11. The lowest BCUT2D eigenvalue weighted by Crippen LogP contribution is -2.43. The molecule has 18 heavy (non-hydrogen) atoms. The van der Waals surface area contributed by atoms with Crippen LogP contribution in [0.2, 0.25) is 10.0 Å². The van der Waals surface area contributed by atoms with Crippen molar-refractivity contribution in [1.29, 1.82) is 0 Å². The van der Waals surface area contributed by atoms with Crippen LogP contribution in [0.25, 0.3) is 0 Å². The van der Waals surface area contributed by atoms with Crippen molar-refractivity contribution in [3.05, 3.63) is 44.4 Å². The van der Waals surface area contributed by atoms with Crippen molar-refractivity contribution >= 4 is 34.8 Å². The van der Waals surface area contributed by atoms with Gasteiger partial charge in [-0.3, -0.25) is 9.52 Å². The number of hydrogen-bond donors (Lipinski definition) is 1. The third kappa shape index (κ3) is 2.25. The summed E-state index contributed by atoms with van der Waals surface area (Å²) in [6.07, 6.45) is 0. The number of nitrogens with zero attached hydrogens (tertiary/aromatic N) is 2. The van der Waals surface area contributed by atoms with E-state index in [0.717, 1.165) is 4.68 Å². The first-order valence-corrected chi connectivity index (χ1v) is 5.54. The SMILES string of the molecule is C[n+]1[nH]oc(=O)c1C([O-])=Nc1cccc(Cl)c1Cl. The molecular weight excluding hydrogens is 281 g/mol. The number of aromatic nitrogens is 2. The molecule has 0 bridgehead atoms. The second kappa shape index (κ2) is 4.83. The lowest BCUT2D eigenvalue weighted by atomic mass is 10.3. The van der Waals surface area contributed by atoms with E-state index in [4.69, 9.17) is 23.2 Å². The first-order chi connectivity index (χ1) is 8.50. The van der Waals surface area contributed by atoms with Crippen LogP contribution in [-0.2, 0) is 7.05 Å². The maximum Gasteiger partial charge on any atom is 0.435 e. The molecule has 1 heterocycles. The van der Waals surface area contributed by atoms with E-state index in [9.17, 15) is 9.90 Å². The number of aromatic amines is 1. The van der Waals surface area contributed by atoms with Gasteiger partial charge in [-0.15, -0.1) is 0 Å². The second-order valence-corrected chi connectivity index (χ2v) is 4.16. The minimum atomic E-state index is -0.801. The predicted octanol–water partition coefficient (Wildman–Crippen LogP) is 0.538. The molecule has 1 aromatic heterocycles. The molecule has 0 radical (unpaired) electrons. The molecule has 94 valence electrons. The summed E-state index contributed by atoms with van der Waals surface area (Å²) >= 11 is 11.7. The van der Waals surface area contributed by atoms with Crippen LogP contribution < -0.4 is 15.4 Å². The summed E-state index contributed by atoms with van der Waals surface area (Å²) in [4.78, 5) is 15.0. The zero-order chi connectivity index (χ0) is 13.3. The van der Waals surface area contributed by atoms with Gasteiger partial charge in [0.15, 0.2) is 7.05 Å². The number of nitrogens with one attached hydrogen (secondary N) is 1. The summed E-state index contributed by atoms with van der Waals surface area (Å²) in [6, 6.07) is 4.68. The molecule has 0 aliphatic heterocycles. The highest BCUT2D eigenvalue weighted by Gasteiger charge is 2.17. The highest BCUT2D eigenvalue weighted by Crippen LogP contribution is 2.31. The standard InChI is InChI=1S/C10H7Cl2N3O3/c1-15-8(10(17)18-14-15)9(16)13-6-4-2-3-5(11)7(6)12/h2-4H,1H3,(H-,13,14,16,17). The summed E-state index contributed by atoms with van der Waals surface area (Å²) in [5.41, 5.74) is -0.842. The second-order valence-electron chi connectivity index (χ2n) is 3.38. The fourth-order valence-corrected chi connectivity index (χ4v) is 1.65. The average molecular weight is 288 g/mol. The third-order valence-electron chi connectivity index (χ3n) is 2.16. The van der Waals surface area contributed by atoms with Gasteiger partial charge in [-0.2, -0.15) is 0 Å². The highest BCUT2D eigenvalue weighted by molar-refractivity contribution is 6.43. The molecule has 0 aliphatic rings. The summed E-state index contributed by atoms with van der Waals surface area (Å²) in [7, 11) is 1.45. The van der Waals surface area contributed by atoms with E-state index in [1.807, 2.05) is 0 Å². The van der Waals surface area contributed by atoms with Crippen LogP contribution in [0.1, 0.15) is 5.69 Å². The van der Waals surface area contributed by atoms with Gasteiger partial charge in [-0.05, 0) is 17.4 Å². The lowest BCUT2D eigenvalue weighted by Gasteiger charge is -2.05. The number of hydrogen-bond acceptors (Lipinski definition) is 4. The normalized spacial score (nSPS) is 11.8. The van der Waals surface area contributed by atoms with Crippen LogP contribution in [0, 0.1) is 0 Å². The molecule has 2 aromatic rings. The van der Waals surface area contributed by atoms with Crippen molar-refractivity contribution < 1.29 is 14.3 Å². The zero-order valence-corrected chi connectivity index (χ0v) is 10.6. The van der Waals surface area contributed by atoms with Gasteiger partial charge >= 0.3 is 11.3 Å². The predicted molar refractivity (Wildman–Crippen MR) is 63.2 cm³/mol. The molecule has 0 amide bonds. The van der Waals surface area contributed by atoms with E-state index in [1.54, 1.807) is 12.1 Å². The van der Waals surface area contributed by atoms with Crippen LogP contribution >= 0.6 is 23.2 Å². The monoisotopic (exact) mass is 287 g/mol. The average Bonchev–Trinajstić information content (AvgIpc) is 2.65. The summed E-state index contributed by atoms with van der Waals surface area (Å²) < 4.78 is 5.58. The van der Waals surface area contributed by atoms with E-state index < -0.39 is 11.5 Å². The van der Waals surface area contributed by atoms with Gasteiger partial charge < -0.3 is 5.11 Å². The van der Waals surface area contributed by atoms with Gasteiger partial charge in [-0.1, -0.05) is 34.0 Å². The van der Waals surface area contributed by atoms with E-state index in [1.165, 1.54) is 13.1 Å². The van der Waals surface area contributed by atoms with Crippen molar-refractivity contribution in [1.82, 2.24) is 5.27 Å². The van der Waals surface area contributed by atoms with Gasteiger partial charge in [-0.25, -0.2) is 4.79 Å². The molecule has 1 aromatic carbocycles. The van der Waals surface area contributed by atoms with E-state index in [-0.39, 0.29) is 21.4 Å². The molecule has 8 heteroatoms. The van der Waals surface area contributed by atoms with Gasteiger partial charge in [0.25, 0.3) is 0 Å². The molecule has 0 saturated carbocycles. The van der Waals surface area contributed by atoms with Crippen LogP contribution in [0.5, 0.6) is 0 Å². The highest BCUT2D eigenvalue weighted by atomic mass is 35.5. The maximum absolute atomic E-state index is 11.8. The maximum atomic E-state index is 11.8. The van der Waals surface area contributed by atoms with Crippen LogP contribution in [0.3, 0.4) is 0 Å². The number of rotatable bonds is 2. The van der Waals surface area contributed by atoms with Crippen LogP contribution in [0.4, 0.5) is 5.69 Å². The first-order valence-electron chi connectivity index (χ1n) is 4.78. The van der Waals surface area contributed by atoms with Crippen molar-refractivity contribution in [2.24, 2.45) is 12.0 Å². The fraction of sp³-hybridized carbons (Fsp3) is 0.100. The molecule has 0 saturated heterocycles. The number of H-pyrrole nitrogens is 1.